The first-order chi connectivity index (χ1) is 10.2. The maximum absolute atomic E-state index is 12.4. The number of nitrogens with zero attached hydrogens (tertiary/aromatic N) is 1. The number of carbonyl (C=O) groups excluding carboxylic acids is 1. The third-order valence-electron chi connectivity index (χ3n) is 3.62. The van der Waals surface area contributed by atoms with Crippen molar-refractivity contribution in [1.29, 1.82) is 0 Å². The lowest BCUT2D eigenvalue weighted by molar-refractivity contribution is -0.117. The summed E-state index contributed by atoms with van der Waals surface area (Å²) in [5.41, 5.74) is 2.33. The van der Waals surface area contributed by atoms with Crippen molar-refractivity contribution in [3.8, 4) is 0 Å². The standard InChI is InChI=1S/C16H17ClN2OS/c17-15-8-7-13(21-15)10-18-11-16(20)19-9-3-5-12-4-1-2-6-14(12)19/h1-2,4,6-8,18H,3,5,9-11H2. The van der Waals surface area contributed by atoms with Crippen molar-refractivity contribution in [2.24, 2.45) is 0 Å². The highest BCUT2D eigenvalue weighted by Gasteiger charge is 2.21. The summed E-state index contributed by atoms with van der Waals surface area (Å²) in [6.45, 7) is 1.84. The smallest absolute Gasteiger partial charge is 0.240 e. The summed E-state index contributed by atoms with van der Waals surface area (Å²) in [6, 6.07) is 12.0. The molecule has 0 unspecified atom stereocenters. The molecule has 1 aliphatic heterocycles. The Morgan fingerprint density at radius 1 is 1.29 bits per heavy atom. The summed E-state index contributed by atoms with van der Waals surface area (Å²) in [7, 11) is 0. The van der Waals surface area contributed by atoms with E-state index in [4.69, 9.17) is 11.6 Å². The van der Waals surface area contributed by atoms with Crippen LogP contribution in [-0.2, 0) is 17.8 Å². The molecule has 0 spiro atoms. The summed E-state index contributed by atoms with van der Waals surface area (Å²) >= 11 is 7.44. The van der Waals surface area contributed by atoms with Crippen LogP contribution < -0.4 is 10.2 Å². The monoisotopic (exact) mass is 320 g/mol. The van der Waals surface area contributed by atoms with Crippen molar-refractivity contribution in [3.05, 3.63) is 51.2 Å². The molecule has 0 fully saturated rings. The van der Waals surface area contributed by atoms with Gasteiger partial charge in [-0.25, -0.2) is 0 Å². The Kier molecular flexibility index (Phi) is 4.58. The number of halogens is 1. The fourth-order valence-corrected chi connectivity index (χ4v) is 3.68. The summed E-state index contributed by atoms with van der Waals surface area (Å²) < 4.78 is 0.781. The molecule has 0 bridgehead atoms. The first-order valence-electron chi connectivity index (χ1n) is 7.07. The highest BCUT2D eigenvalue weighted by molar-refractivity contribution is 7.16. The van der Waals surface area contributed by atoms with Crippen molar-refractivity contribution in [2.75, 3.05) is 18.0 Å². The fourth-order valence-electron chi connectivity index (χ4n) is 2.63. The van der Waals surface area contributed by atoms with Crippen LogP contribution in [0, 0.1) is 0 Å². The van der Waals surface area contributed by atoms with Gasteiger partial charge in [-0.05, 0) is 36.6 Å². The number of amides is 1. The van der Waals surface area contributed by atoms with E-state index in [0.717, 1.165) is 34.3 Å². The van der Waals surface area contributed by atoms with E-state index in [2.05, 4.69) is 11.4 Å². The molecule has 1 N–H and O–H groups in total. The lowest BCUT2D eigenvalue weighted by atomic mass is 10.0. The molecule has 0 saturated heterocycles. The number of nitrogens with one attached hydrogen (secondary N) is 1. The van der Waals surface area contributed by atoms with Gasteiger partial charge in [0.25, 0.3) is 0 Å². The number of fused-ring (bicyclic) bond motifs is 1. The van der Waals surface area contributed by atoms with Crippen molar-refractivity contribution >= 4 is 34.5 Å². The largest absolute Gasteiger partial charge is 0.311 e. The van der Waals surface area contributed by atoms with Crippen LogP contribution in [0.15, 0.2) is 36.4 Å². The van der Waals surface area contributed by atoms with E-state index in [9.17, 15) is 4.79 Å². The molecule has 0 aliphatic carbocycles. The molecule has 0 radical (unpaired) electrons. The molecule has 1 aliphatic rings. The van der Waals surface area contributed by atoms with E-state index in [0.29, 0.717) is 13.1 Å². The first kappa shape index (κ1) is 14.6. The highest BCUT2D eigenvalue weighted by atomic mass is 35.5. The van der Waals surface area contributed by atoms with Gasteiger partial charge < -0.3 is 10.2 Å². The van der Waals surface area contributed by atoms with Gasteiger partial charge in [0.05, 0.1) is 10.9 Å². The number of rotatable bonds is 4. The Bertz CT molecular complexity index is 641. The second kappa shape index (κ2) is 6.60. The molecule has 21 heavy (non-hydrogen) atoms. The number of hydrogen-bond acceptors (Lipinski definition) is 3. The number of thiophene rings is 1. The molecule has 1 aromatic carbocycles. The van der Waals surface area contributed by atoms with Crippen LogP contribution >= 0.6 is 22.9 Å². The molecule has 3 nitrogen and oxygen atoms in total. The predicted octanol–water partition coefficient (Wildman–Crippen LogP) is 3.47. The van der Waals surface area contributed by atoms with Crippen LogP contribution in [0.2, 0.25) is 4.34 Å². The van der Waals surface area contributed by atoms with Crippen molar-refractivity contribution < 1.29 is 4.79 Å². The Hall–Kier alpha value is -1.36. The highest BCUT2D eigenvalue weighted by Crippen LogP contribution is 2.26. The second-order valence-corrected chi connectivity index (χ2v) is 6.89. The average Bonchev–Trinajstić information content (AvgIpc) is 2.92. The summed E-state index contributed by atoms with van der Waals surface area (Å²) in [5, 5.41) is 3.20. The second-order valence-electron chi connectivity index (χ2n) is 5.09. The van der Waals surface area contributed by atoms with Gasteiger partial charge in [-0.2, -0.15) is 0 Å². The molecule has 2 heterocycles. The third-order valence-corrected chi connectivity index (χ3v) is 4.85. The molecule has 1 aromatic heterocycles. The quantitative estimate of drug-likeness (QED) is 0.935. The van der Waals surface area contributed by atoms with E-state index < -0.39 is 0 Å². The van der Waals surface area contributed by atoms with Crippen LogP contribution in [-0.4, -0.2) is 19.0 Å². The van der Waals surface area contributed by atoms with Gasteiger partial charge in [0, 0.05) is 23.7 Å². The number of anilines is 1. The van der Waals surface area contributed by atoms with E-state index in [1.165, 1.54) is 5.56 Å². The maximum Gasteiger partial charge on any atom is 0.240 e. The van der Waals surface area contributed by atoms with Gasteiger partial charge >= 0.3 is 0 Å². The lowest BCUT2D eigenvalue weighted by Gasteiger charge is -2.29. The Labute approximate surface area is 133 Å². The van der Waals surface area contributed by atoms with Crippen molar-refractivity contribution in [1.82, 2.24) is 5.32 Å². The number of benzene rings is 1. The minimum atomic E-state index is 0.129. The molecule has 3 rings (SSSR count). The van der Waals surface area contributed by atoms with Gasteiger partial charge in [0.15, 0.2) is 0 Å². The third kappa shape index (κ3) is 3.46. The van der Waals surface area contributed by atoms with Gasteiger partial charge in [0.1, 0.15) is 0 Å². The van der Waals surface area contributed by atoms with Crippen LogP contribution in [0.1, 0.15) is 16.9 Å². The van der Waals surface area contributed by atoms with E-state index in [-0.39, 0.29) is 5.91 Å². The van der Waals surface area contributed by atoms with Gasteiger partial charge in [-0.3, -0.25) is 4.79 Å². The summed E-state index contributed by atoms with van der Waals surface area (Å²) in [6.07, 6.45) is 2.09. The van der Waals surface area contributed by atoms with E-state index in [1.807, 2.05) is 35.2 Å². The van der Waals surface area contributed by atoms with E-state index >= 15 is 0 Å². The molecule has 0 saturated carbocycles. The Balaban J connectivity index is 1.59. The normalized spacial score (nSPS) is 14.0. The fraction of sp³-hybridized carbons (Fsp3) is 0.312. The lowest BCUT2D eigenvalue weighted by Crippen LogP contribution is -2.40. The van der Waals surface area contributed by atoms with Crippen LogP contribution in [0.5, 0.6) is 0 Å². The van der Waals surface area contributed by atoms with Gasteiger partial charge in [0.2, 0.25) is 5.91 Å². The average molecular weight is 321 g/mol. The number of para-hydroxylation sites is 1. The zero-order valence-electron chi connectivity index (χ0n) is 11.6. The van der Waals surface area contributed by atoms with Crippen molar-refractivity contribution in [2.45, 2.75) is 19.4 Å². The van der Waals surface area contributed by atoms with Gasteiger partial charge in [-0.1, -0.05) is 29.8 Å². The summed E-state index contributed by atoms with van der Waals surface area (Å²) in [5.74, 6) is 0.129. The maximum atomic E-state index is 12.4. The minimum absolute atomic E-state index is 0.129. The molecule has 1 amide bonds. The van der Waals surface area contributed by atoms with Crippen LogP contribution in [0.3, 0.4) is 0 Å². The summed E-state index contributed by atoms with van der Waals surface area (Å²) in [4.78, 5) is 15.4. The van der Waals surface area contributed by atoms with Gasteiger partial charge in [-0.15, -0.1) is 11.3 Å². The first-order valence-corrected chi connectivity index (χ1v) is 8.27. The number of carbonyl (C=O) groups is 1. The predicted molar refractivity (Wildman–Crippen MR) is 88.2 cm³/mol. The molecular formula is C16H17ClN2OS. The minimum Gasteiger partial charge on any atom is -0.311 e. The van der Waals surface area contributed by atoms with E-state index in [1.54, 1.807) is 11.3 Å². The molecule has 0 atom stereocenters. The van der Waals surface area contributed by atoms with Crippen LogP contribution in [0.25, 0.3) is 0 Å². The topological polar surface area (TPSA) is 32.3 Å². The van der Waals surface area contributed by atoms with Crippen molar-refractivity contribution in [3.63, 3.8) is 0 Å². The zero-order chi connectivity index (χ0) is 14.7. The molecular weight excluding hydrogens is 304 g/mol. The zero-order valence-corrected chi connectivity index (χ0v) is 13.2. The number of aryl methyl sites for hydroxylation is 1. The Morgan fingerprint density at radius 2 is 2.14 bits per heavy atom. The SMILES string of the molecule is O=C(CNCc1ccc(Cl)s1)N1CCCc2ccccc21. The molecule has 5 heteroatoms. The number of hydrogen-bond donors (Lipinski definition) is 1. The Morgan fingerprint density at radius 3 is 2.95 bits per heavy atom. The molecule has 110 valence electrons. The van der Waals surface area contributed by atoms with Crippen LogP contribution in [0.4, 0.5) is 5.69 Å². The molecule has 2 aromatic rings.